The molecule has 10 unspecified atom stereocenters. The molecule has 5 rings (SSSR count). The molecule has 0 spiro atoms. The molecular formula is C42H59N9O13S. The van der Waals surface area contributed by atoms with Crippen LogP contribution in [0.25, 0.3) is 10.9 Å². The van der Waals surface area contributed by atoms with E-state index in [-0.39, 0.29) is 38.0 Å². The van der Waals surface area contributed by atoms with Crippen molar-refractivity contribution in [1.29, 1.82) is 0 Å². The molecule has 0 radical (unpaired) electrons. The van der Waals surface area contributed by atoms with Crippen LogP contribution >= 0.6 is 11.8 Å². The number of para-hydroxylation sites is 1. The zero-order valence-electron chi connectivity index (χ0n) is 36.9. The van der Waals surface area contributed by atoms with E-state index in [0.29, 0.717) is 34.3 Å². The molecule has 2 aromatic rings. The van der Waals surface area contributed by atoms with Crippen LogP contribution in [0.2, 0.25) is 0 Å². The van der Waals surface area contributed by atoms with Gasteiger partial charge in [0.2, 0.25) is 47.3 Å². The van der Waals surface area contributed by atoms with Gasteiger partial charge in [-0.15, -0.1) is 11.8 Å². The summed E-state index contributed by atoms with van der Waals surface area (Å²) < 4.78 is 4.61. The smallest absolute Gasteiger partial charge is 0.305 e. The number of aromatic amines is 1. The number of aromatic nitrogens is 1. The number of aliphatic hydroxyl groups excluding tert-OH is 2. The van der Waals surface area contributed by atoms with E-state index in [1.807, 2.05) is 0 Å². The Morgan fingerprint density at radius 2 is 1.52 bits per heavy atom. The zero-order chi connectivity index (χ0) is 47.7. The van der Waals surface area contributed by atoms with Gasteiger partial charge in [-0.3, -0.25) is 43.2 Å². The normalized spacial score (nSPS) is 27.6. The number of nitrogens with zero attached hydrogens (tertiary/aromatic N) is 1. The Morgan fingerprint density at radius 3 is 2.22 bits per heavy atom. The fourth-order valence-electron chi connectivity index (χ4n) is 7.79. The van der Waals surface area contributed by atoms with Crippen molar-refractivity contribution in [2.75, 3.05) is 26.0 Å². The first kappa shape index (κ1) is 50.2. The Morgan fingerprint density at radius 1 is 0.877 bits per heavy atom. The van der Waals surface area contributed by atoms with Crippen molar-refractivity contribution in [2.24, 2.45) is 0 Å². The molecule has 2 bridgehead atoms. The summed E-state index contributed by atoms with van der Waals surface area (Å²) in [5, 5.41) is 52.0. The Bertz CT molecular complexity index is 2150. The molecule has 0 saturated carbocycles. The van der Waals surface area contributed by atoms with Crippen LogP contribution < -0.4 is 37.2 Å². The third kappa shape index (κ3) is 13.2. The number of hydrogen-bond acceptors (Lipinski definition) is 14. The minimum Gasteiger partial charge on any atom is -0.469 e. The maximum absolute atomic E-state index is 14.6. The number of aliphatic hydroxyl groups is 3. The quantitative estimate of drug-likeness (QED) is 0.0843. The van der Waals surface area contributed by atoms with Gasteiger partial charge >= 0.3 is 5.97 Å². The van der Waals surface area contributed by atoms with Crippen molar-refractivity contribution in [3.8, 4) is 0 Å². The summed E-state index contributed by atoms with van der Waals surface area (Å²) in [6, 6.07) is -3.18. The van der Waals surface area contributed by atoms with E-state index in [1.165, 1.54) is 34.8 Å². The molecule has 4 heterocycles. The first-order chi connectivity index (χ1) is 30.7. The van der Waals surface area contributed by atoms with Crippen LogP contribution in [0.4, 0.5) is 0 Å². The molecule has 356 valence electrons. The fraction of sp³-hybridized carbons (Fsp3) is 0.595. The van der Waals surface area contributed by atoms with Gasteiger partial charge in [0.15, 0.2) is 0 Å². The zero-order valence-corrected chi connectivity index (χ0v) is 37.7. The second-order valence-corrected chi connectivity index (χ2v) is 18.1. The van der Waals surface area contributed by atoms with Crippen molar-refractivity contribution in [1.82, 2.24) is 47.1 Å². The molecule has 0 aliphatic carbocycles. The number of thioether (sulfide) groups is 1. The van der Waals surface area contributed by atoms with Crippen molar-refractivity contribution in [2.45, 2.75) is 138 Å². The lowest BCUT2D eigenvalue weighted by molar-refractivity contribution is -0.142. The highest BCUT2D eigenvalue weighted by molar-refractivity contribution is 7.99. The van der Waals surface area contributed by atoms with E-state index < -0.39 is 126 Å². The number of esters is 1. The molecule has 65 heavy (non-hydrogen) atoms. The molecule has 3 aliphatic heterocycles. The van der Waals surface area contributed by atoms with Crippen LogP contribution in [0, 0.1) is 0 Å². The molecule has 1 saturated heterocycles. The van der Waals surface area contributed by atoms with E-state index >= 15 is 0 Å². The second-order valence-electron chi connectivity index (χ2n) is 17.0. The summed E-state index contributed by atoms with van der Waals surface area (Å²) in [4.78, 5) is 127. The summed E-state index contributed by atoms with van der Waals surface area (Å²) in [7, 11) is 1.26. The highest BCUT2D eigenvalue weighted by Crippen LogP contribution is 2.32. The lowest BCUT2D eigenvalue weighted by atomic mass is 9.95. The number of amides is 8. The molecule has 8 amide bonds. The van der Waals surface area contributed by atoms with Gasteiger partial charge in [0.25, 0.3) is 0 Å². The number of benzene rings is 1. The van der Waals surface area contributed by atoms with Crippen molar-refractivity contribution < 1.29 is 63.2 Å². The monoisotopic (exact) mass is 929 g/mol. The van der Waals surface area contributed by atoms with Gasteiger partial charge in [0, 0.05) is 61.8 Å². The number of carbonyl (C=O) groups excluding carboxylic acids is 9. The minimum atomic E-state index is -1.88. The molecule has 22 nitrogen and oxygen atoms in total. The lowest BCUT2D eigenvalue weighted by Gasteiger charge is -2.31. The Balaban J connectivity index is 1.57. The maximum Gasteiger partial charge on any atom is 0.305 e. The maximum atomic E-state index is 14.6. The number of unbranched alkanes of at least 4 members (excludes halogenated alkanes) is 1. The largest absolute Gasteiger partial charge is 0.469 e. The summed E-state index contributed by atoms with van der Waals surface area (Å²) in [5.41, 5.74) is -0.770. The van der Waals surface area contributed by atoms with E-state index in [4.69, 9.17) is 0 Å². The Kier molecular flexibility index (Phi) is 16.9. The van der Waals surface area contributed by atoms with E-state index in [0.717, 1.165) is 16.7 Å². The molecule has 11 N–H and O–H groups in total. The fourth-order valence-corrected chi connectivity index (χ4v) is 8.90. The van der Waals surface area contributed by atoms with Crippen LogP contribution in [0.5, 0.6) is 0 Å². The Labute approximate surface area is 378 Å². The number of nitrogens with one attached hydrogen (secondary N) is 8. The molecular weight excluding hydrogens is 871 g/mol. The van der Waals surface area contributed by atoms with Gasteiger partial charge < -0.3 is 67.2 Å². The summed E-state index contributed by atoms with van der Waals surface area (Å²) in [6.45, 7) is 4.47. The lowest BCUT2D eigenvalue weighted by Crippen LogP contribution is -2.62. The molecule has 1 fully saturated rings. The van der Waals surface area contributed by atoms with Crippen LogP contribution in [-0.4, -0.2) is 164 Å². The number of H-pyrrole nitrogens is 1. The molecule has 3 aliphatic rings. The molecule has 1 aromatic heterocycles. The number of methoxy groups -OCH3 is 1. The van der Waals surface area contributed by atoms with Crippen LogP contribution in [0.1, 0.15) is 71.8 Å². The third-order valence-corrected chi connectivity index (χ3v) is 12.6. The van der Waals surface area contributed by atoms with Gasteiger partial charge in [-0.2, -0.15) is 0 Å². The van der Waals surface area contributed by atoms with Crippen LogP contribution in [0.3, 0.4) is 0 Å². The van der Waals surface area contributed by atoms with Gasteiger partial charge in [0.05, 0.1) is 29.9 Å². The average molecular weight is 930 g/mol. The highest BCUT2D eigenvalue weighted by atomic mass is 32.2. The topological polar surface area (TPSA) is 327 Å². The van der Waals surface area contributed by atoms with E-state index in [9.17, 15) is 58.5 Å². The summed E-state index contributed by atoms with van der Waals surface area (Å²) in [6.07, 6.45) is -2.81. The number of rotatable bonds is 10. The standard InChI is InChI=1S/C42H59N9O13S/c1-20-34(56)46-27-15-25-24-10-6-7-11-26(24)49-40(25)65-18-29(41(62)51-17-23(53)14-30(51)38(60)45-20)48-39(61)33(22(3)52)50-35(57)21(2)44-37(59)28(47-36(27)58)16-42(4,63)19-43-31(54)12-8-9-13-32(55)64-5/h6-7,10-11,20-23,27-30,33,49,52-53,63H,8-9,12-19H2,1-5H3,(H,43,54)(H,44,59)(H,45,60)(H,46,56)(H,47,58)(H,48,61)(H,50,57). The van der Waals surface area contributed by atoms with Crippen molar-refractivity contribution in [3.05, 3.63) is 29.8 Å². The van der Waals surface area contributed by atoms with E-state index in [2.05, 4.69) is 46.9 Å². The summed E-state index contributed by atoms with van der Waals surface area (Å²) >= 11 is 1.07. The van der Waals surface area contributed by atoms with Gasteiger partial charge in [-0.25, -0.2) is 0 Å². The number of hydrogen-bond donors (Lipinski definition) is 11. The number of ether oxygens (including phenoxy) is 1. The SMILES string of the molecule is COC(=O)CCCCC(=O)NCC(C)(O)CC1NC(=O)C2Cc3c([nH]c4ccccc34)SCC(NC(=O)C(C(C)O)NC(=O)C(C)NC1=O)C(=O)N1CC(O)CC1C(=O)NC(C)C(=O)N2. The summed E-state index contributed by atoms with van der Waals surface area (Å²) in [5.74, 6) is -7.32. The Hall–Kier alpha value is -5.78. The number of fused-ring (bicyclic) bond motifs is 5. The first-order valence-corrected chi connectivity index (χ1v) is 22.4. The van der Waals surface area contributed by atoms with Crippen molar-refractivity contribution >= 4 is 75.9 Å². The molecule has 1 aromatic carbocycles. The number of carbonyl (C=O) groups is 9. The third-order valence-electron chi connectivity index (χ3n) is 11.5. The van der Waals surface area contributed by atoms with Crippen LogP contribution in [0.15, 0.2) is 29.3 Å². The minimum absolute atomic E-state index is 0.0119. The van der Waals surface area contributed by atoms with Crippen molar-refractivity contribution in [3.63, 3.8) is 0 Å². The second kappa shape index (κ2) is 21.9. The van der Waals surface area contributed by atoms with Gasteiger partial charge in [-0.05, 0) is 52.2 Å². The average Bonchev–Trinajstić information content (AvgIpc) is 3.82. The predicted octanol–water partition coefficient (Wildman–Crippen LogP) is -2.89. The molecule has 10 atom stereocenters. The van der Waals surface area contributed by atoms with E-state index in [1.54, 1.807) is 24.3 Å². The van der Waals surface area contributed by atoms with Gasteiger partial charge in [0.1, 0.15) is 42.3 Å². The highest BCUT2D eigenvalue weighted by Gasteiger charge is 2.44. The molecule has 23 heteroatoms. The van der Waals surface area contributed by atoms with Crippen LogP contribution in [-0.2, 0) is 54.3 Å². The van der Waals surface area contributed by atoms with Gasteiger partial charge in [-0.1, -0.05) is 18.2 Å². The predicted molar refractivity (Wildman–Crippen MR) is 232 cm³/mol. The first-order valence-electron chi connectivity index (χ1n) is 21.4.